The lowest BCUT2D eigenvalue weighted by Crippen LogP contribution is -2.36. The van der Waals surface area contributed by atoms with Gasteiger partial charge in [0.15, 0.2) is 0 Å². The molecule has 0 atom stereocenters. The van der Waals surface area contributed by atoms with E-state index in [1.165, 1.54) is 24.0 Å². The maximum atomic E-state index is 12.7. The highest BCUT2D eigenvalue weighted by molar-refractivity contribution is 5.93. The summed E-state index contributed by atoms with van der Waals surface area (Å²) in [4.78, 5) is 12.7. The van der Waals surface area contributed by atoms with E-state index < -0.39 is 0 Å². The van der Waals surface area contributed by atoms with Crippen LogP contribution in [0.3, 0.4) is 0 Å². The molecule has 2 aromatic rings. The highest BCUT2D eigenvalue weighted by Crippen LogP contribution is 2.47. The molecule has 1 N–H and O–H groups in total. The molecule has 0 radical (unpaired) electrons. The molecule has 0 spiro atoms. The number of nitrogens with zero attached hydrogens (tertiary/aromatic N) is 1. The third-order valence-corrected chi connectivity index (χ3v) is 4.72. The van der Waals surface area contributed by atoms with Gasteiger partial charge in [-0.15, -0.1) is 0 Å². The zero-order chi connectivity index (χ0) is 14.4. The van der Waals surface area contributed by atoms with Gasteiger partial charge in [0.1, 0.15) is 5.69 Å². The van der Waals surface area contributed by atoms with E-state index in [1.807, 2.05) is 18.3 Å². The molecule has 1 amide bonds. The Morgan fingerprint density at radius 3 is 2.62 bits per heavy atom. The number of carbonyl (C=O) groups excluding carboxylic acids is 1. The smallest absolute Gasteiger partial charge is 0.268 e. The standard InChI is InChI=1S/C18H20N2O/c1-13-5-2-3-6-15(13)18(10-11-18)19-17(21)16-7-4-12-20(16)14-8-9-14/h2-7,12,14H,8-11H2,1H3,(H,19,21). The maximum absolute atomic E-state index is 12.7. The second-order valence-electron chi connectivity index (χ2n) is 6.38. The van der Waals surface area contributed by atoms with E-state index in [4.69, 9.17) is 0 Å². The van der Waals surface area contributed by atoms with Gasteiger partial charge >= 0.3 is 0 Å². The Morgan fingerprint density at radius 2 is 1.95 bits per heavy atom. The van der Waals surface area contributed by atoms with Crippen molar-refractivity contribution < 1.29 is 4.79 Å². The SMILES string of the molecule is Cc1ccccc1C1(NC(=O)c2cccn2C2CC2)CC1. The van der Waals surface area contributed by atoms with Crippen LogP contribution < -0.4 is 5.32 Å². The largest absolute Gasteiger partial charge is 0.341 e. The van der Waals surface area contributed by atoms with Crippen LogP contribution >= 0.6 is 0 Å². The molecule has 21 heavy (non-hydrogen) atoms. The van der Waals surface area contributed by atoms with Crippen LogP contribution in [0.2, 0.25) is 0 Å². The summed E-state index contributed by atoms with van der Waals surface area (Å²) >= 11 is 0. The van der Waals surface area contributed by atoms with Crippen LogP contribution in [0.4, 0.5) is 0 Å². The number of hydrogen-bond acceptors (Lipinski definition) is 1. The molecule has 2 fully saturated rings. The molecule has 2 saturated carbocycles. The van der Waals surface area contributed by atoms with E-state index in [0.29, 0.717) is 6.04 Å². The number of hydrogen-bond donors (Lipinski definition) is 1. The predicted molar refractivity (Wildman–Crippen MR) is 82.3 cm³/mol. The first-order valence-electron chi connectivity index (χ1n) is 7.75. The van der Waals surface area contributed by atoms with Gasteiger partial charge in [-0.1, -0.05) is 24.3 Å². The zero-order valence-corrected chi connectivity index (χ0v) is 12.3. The number of rotatable bonds is 4. The van der Waals surface area contributed by atoms with Crippen LogP contribution in [0, 0.1) is 6.92 Å². The summed E-state index contributed by atoms with van der Waals surface area (Å²) < 4.78 is 2.13. The molecule has 4 rings (SSSR count). The van der Waals surface area contributed by atoms with Crippen LogP contribution in [0.5, 0.6) is 0 Å². The minimum atomic E-state index is -0.138. The Hall–Kier alpha value is -2.03. The van der Waals surface area contributed by atoms with Crippen molar-refractivity contribution in [1.82, 2.24) is 9.88 Å². The second-order valence-corrected chi connectivity index (χ2v) is 6.38. The summed E-state index contributed by atoms with van der Waals surface area (Å²) in [6, 6.07) is 12.8. The van der Waals surface area contributed by atoms with Crippen molar-refractivity contribution >= 4 is 5.91 Å². The lowest BCUT2D eigenvalue weighted by Gasteiger charge is -2.20. The van der Waals surface area contributed by atoms with Crippen molar-refractivity contribution in [2.75, 3.05) is 0 Å². The van der Waals surface area contributed by atoms with Crippen LogP contribution in [0.25, 0.3) is 0 Å². The first-order chi connectivity index (χ1) is 10.2. The molecule has 3 heteroatoms. The van der Waals surface area contributed by atoms with E-state index >= 15 is 0 Å². The van der Waals surface area contributed by atoms with Crippen molar-refractivity contribution in [3.8, 4) is 0 Å². The minimum Gasteiger partial charge on any atom is -0.341 e. The van der Waals surface area contributed by atoms with Crippen molar-refractivity contribution in [3.05, 3.63) is 59.4 Å². The first-order valence-corrected chi connectivity index (χ1v) is 7.75. The summed E-state index contributed by atoms with van der Waals surface area (Å²) in [6.07, 6.45) is 6.48. The lowest BCUT2D eigenvalue weighted by molar-refractivity contribution is 0.0921. The zero-order valence-electron chi connectivity index (χ0n) is 12.3. The average Bonchev–Trinajstić information content (AvgIpc) is 3.40. The summed E-state index contributed by atoms with van der Waals surface area (Å²) in [7, 11) is 0. The second kappa shape index (κ2) is 4.48. The minimum absolute atomic E-state index is 0.0626. The molecule has 2 aliphatic rings. The third-order valence-electron chi connectivity index (χ3n) is 4.72. The quantitative estimate of drug-likeness (QED) is 0.913. The highest BCUT2D eigenvalue weighted by Gasteiger charge is 2.46. The van der Waals surface area contributed by atoms with Gasteiger partial charge in [0.2, 0.25) is 0 Å². The Bertz CT molecular complexity index is 693. The normalized spacial score (nSPS) is 19.3. The monoisotopic (exact) mass is 280 g/mol. The number of benzene rings is 1. The molecule has 0 saturated heterocycles. The van der Waals surface area contributed by atoms with E-state index in [0.717, 1.165) is 18.5 Å². The number of nitrogens with one attached hydrogen (secondary N) is 1. The fourth-order valence-electron chi connectivity index (χ4n) is 3.24. The molecule has 1 aromatic heterocycles. The summed E-state index contributed by atoms with van der Waals surface area (Å²) in [5, 5.41) is 3.29. The Kier molecular flexibility index (Phi) is 2.71. The van der Waals surface area contributed by atoms with Crippen LogP contribution in [0.1, 0.15) is 53.3 Å². The number of aromatic nitrogens is 1. The van der Waals surface area contributed by atoms with E-state index in [-0.39, 0.29) is 11.4 Å². The topological polar surface area (TPSA) is 34.0 Å². The van der Waals surface area contributed by atoms with E-state index in [9.17, 15) is 4.79 Å². The molecular formula is C18H20N2O. The fraction of sp³-hybridized carbons (Fsp3) is 0.389. The van der Waals surface area contributed by atoms with Crippen LogP contribution in [-0.2, 0) is 5.54 Å². The predicted octanol–water partition coefficient (Wildman–Crippen LogP) is 3.55. The van der Waals surface area contributed by atoms with Gasteiger partial charge in [-0.2, -0.15) is 0 Å². The molecule has 1 heterocycles. The van der Waals surface area contributed by atoms with Crippen molar-refractivity contribution in [3.63, 3.8) is 0 Å². The van der Waals surface area contributed by atoms with Gasteiger partial charge in [-0.3, -0.25) is 4.79 Å². The molecule has 2 aliphatic carbocycles. The third kappa shape index (κ3) is 2.17. The molecular weight excluding hydrogens is 260 g/mol. The van der Waals surface area contributed by atoms with E-state index in [2.05, 4.69) is 41.1 Å². The van der Waals surface area contributed by atoms with Crippen molar-refractivity contribution in [2.45, 2.75) is 44.2 Å². The molecule has 1 aromatic carbocycles. The summed E-state index contributed by atoms with van der Waals surface area (Å²) in [5.74, 6) is 0.0626. The van der Waals surface area contributed by atoms with Crippen molar-refractivity contribution in [1.29, 1.82) is 0 Å². The number of carbonyl (C=O) groups is 1. The fourth-order valence-corrected chi connectivity index (χ4v) is 3.24. The van der Waals surface area contributed by atoms with Gasteiger partial charge in [-0.05, 0) is 55.9 Å². The maximum Gasteiger partial charge on any atom is 0.268 e. The molecule has 0 unspecified atom stereocenters. The first kappa shape index (κ1) is 12.7. The molecule has 0 aliphatic heterocycles. The van der Waals surface area contributed by atoms with Gasteiger partial charge in [-0.25, -0.2) is 0 Å². The highest BCUT2D eigenvalue weighted by atomic mass is 16.2. The Balaban J connectivity index is 1.59. The summed E-state index contributed by atoms with van der Waals surface area (Å²) in [6.45, 7) is 2.12. The van der Waals surface area contributed by atoms with Gasteiger partial charge < -0.3 is 9.88 Å². The Morgan fingerprint density at radius 1 is 1.19 bits per heavy atom. The molecule has 0 bridgehead atoms. The van der Waals surface area contributed by atoms with Crippen LogP contribution in [0.15, 0.2) is 42.6 Å². The number of aryl methyl sites for hydroxylation is 1. The summed E-state index contributed by atoms with van der Waals surface area (Å²) in [5.41, 5.74) is 3.19. The number of amides is 1. The van der Waals surface area contributed by atoms with E-state index in [1.54, 1.807) is 0 Å². The van der Waals surface area contributed by atoms with Gasteiger partial charge in [0.25, 0.3) is 5.91 Å². The Labute approximate surface area is 125 Å². The van der Waals surface area contributed by atoms with Crippen molar-refractivity contribution in [2.24, 2.45) is 0 Å². The van der Waals surface area contributed by atoms with Gasteiger partial charge in [0.05, 0.1) is 5.54 Å². The molecule has 108 valence electrons. The van der Waals surface area contributed by atoms with Crippen LogP contribution in [-0.4, -0.2) is 10.5 Å². The lowest BCUT2D eigenvalue weighted by atomic mass is 9.99. The molecule has 3 nitrogen and oxygen atoms in total. The average molecular weight is 280 g/mol. The van der Waals surface area contributed by atoms with Gasteiger partial charge in [0, 0.05) is 12.2 Å².